The van der Waals surface area contributed by atoms with Gasteiger partial charge >= 0.3 is 0 Å². The molecule has 0 saturated carbocycles. The molecule has 0 spiro atoms. The first-order valence-corrected chi connectivity index (χ1v) is 6.81. The zero-order valence-corrected chi connectivity index (χ0v) is 12.3. The maximum absolute atomic E-state index is 11.9. The molecule has 1 amide bonds. The number of rotatable bonds is 3. The molecule has 0 saturated heterocycles. The smallest absolute Gasteiger partial charge is 0.228 e. The van der Waals surface area contributed by atoms with E-state index in [4.69, 9.17) is 17.3 Å². The largest absolute Gasteiger partial charge is 0.399 e. The third-order valence-corrected chi connectivity index (χ3v) is 3.39. The summed E-state index contributed by atoms with van der Waals surface area (Å²) < 4.78 is 0.984. The Kier molecular flexibility index (Phi) is 4.45. The lowest BCUT2D eigenvalue weighted by Gasteiger charge is -2.08. The molecule has 19 heavy (non-hydrogen) atoms. The summed E-state index contributed by atoms with van der Waals surface area (Å²) in [6, 6.07) is 12.6. The van der Waals surface area contributed by atoms with Crippen molar-refractivity contribution in [2.45, 2.75) is 6.42 Å². The van der Waals surface area contributed by atoms with Gasteiger partial charge in [0.05, 0.1) is 17.1 Å². The molecule has 0 fully saturated rings. The number of nitrogens with two attached hydrogens (primary N) is 1. The number of benzene rings is 2. The molecular weight excluding hydrogens is 328 g/mol. The van der Waals surface area contributed by atoms with Gasteiger partial charge in [0.15, 0.2) is 0 Å². The normalized spacial score (nSPS) is 10.2. The highest BCUT2D eigenvalue weighted by atomic mass is 79.9. The van der Waals surface area contributed by atoms with Crippen LogP contribution < -0.4 is 11.1 Å². The standard InChI is InChI=1S/C14H12BrClN2O/c15-10-3-1-9(2-4-10)7-14(19)18-13-6-5-11(17)8-12(13)16/h1-6,8H,7,17H2,(H,18,19). The molecule has 0 aliphatic carbocycles. The second-order valence-corrected chi connectivity index (χ2v) is 5.41. The van der Waals surface area contributed by atoms with E-state index in [2.05, 4.69) is 21.2 Å². The van der Waals surface area contributed by atoms with Gasteiger partial charge in [0, 0.05) is 10.2 Å². The van der Waals surface area contributed by atoms with Crippen LogP contribution in [-0.4, -0.2) is 5.91 Å². The molecule has 0 bridgehead atoms. The van der Waals surface area contributed by atoms with Crippen molar-refractivity contribution in [2.24, 2.45) is 0 Å². The van der Waals surface area contributed by atoms with Crippen molar-refractivity contribution in [2.75, 3.05) is 11.1 Å². The number of anilines is 2. The maximum atomic E-state index is 11.9. The minimum atomic E-state index is -0.117. The Morgan fingerprint density at radius 2 is 1.89 bits per heavy atom. The zero-order chi connectivity index (χ0) is 13.8. The summed E-state index contributed by atoms with van der Waals surface area (Å²) in [4.78, 5) is 11.9. The minimum Gasteiger partial charge on any atom is -0.399 e. The number of halogens is 2. The highest BCUT2D eigenvalue weighted by molar-refractivity contribution is 9.10. The molecule has 3 nitrogen and oxygen atoms in total. The van der Waals surface area contributed by atoms with Gasteiger partial charge in [-0.3, -0.25) is 4.79 Å². The number of carbonyl (C=O) groups excluding carboxylic acids is 1. The van der Waals surface area contributed by atoms with Crippen molar-refractivity contribution in [3.05, 3.63) is 57.5 Å². The fraction of sp³-hybridized carbons (Fsp3) is 0.0714. The van der Waals surface area contributed by atoms with Crippen molar-refractivity contribution >= 4 is 44.8 Å². The highest BCUT2D eigenvalue weighted by Crippen LogP contribution is 2.24. The molecular formula is C14H12BrClN2O. The minimum absolute atomic E-state index is 0.117. The van der Waals surface area contributed by atoms with Gasteiger partial charge < -0.3 is 11.1 Å². The Balaban J connectivity index is 2.03. The quantitative estimate of drug-likeness (QED) is 0.834. The number of carbonyl (C=O) groups is 1. The van der Waals surface area contributed by atoms with Crippen LogP contribution in [0.4, 0.5) is 11.4 Å². The Morgan fingerprint density at radius 3 is 2.53 bits per heavy atom. The summed E-state index contributed by atoms with van der Waals surface area (Å²) in [6.07, 6.45) is 0.300. The molecule has 98 valence electrons. The number of hydrogen-bond acceptors (Lipinski definition) is 2. The van der Waals surface area contributed by atoms with E-state index in [0.29, 0.717) is 22.8 Å². The van der Waals surface area contributed by atoms with Crippen LogP contribution in [0.25, 0.3) is 0 Å². The number of nitrogen functional groups attached to an aromatic ring is 1. The predicted octanol–water partition coefficient (Wildman–Crippen LogP) is 3.87. The first-order chi connectivity index (χ1) is 9.04. The second-order valence-electron chi connectivity index (χ2n) is 4.09. The third-order valence-electron chi connectivity index (χ3n) is 2.55. The monoisotopic (exact) mass is 338 g/mol. The summed E-state index contributed by atoms with van der Waals surface area (Å²) in [5.74, 6) is -0.117. The van der Waals surface area contributed by atoms with Gasteiger partial charge in [-0.25, -0.2) is 0 Å². The van der Waals surface area contributed by atoms with Gasteiger partial charge in [0.1, 0.15) is 0 Å². The summed E-state index contributed by atoms with van der Waals surface area (Å²) in [5.41, 5.74) is 7.66. The van der Waals surface area contributed by atoms with Gasteiger partial charge in [-0.15, -0.1) is 0 Å². The lowest BCUT2D eigenvalue weighted by atomic mass is 10.1. The van der Waals surface area contributed by atoms with Crippen LogP contribution in [-0.2, 0) is 11.2 Å². The third kappa shape index (κ3) is 3.98. The topological polar surface area (TPSA) is 55.1 Å². The Morgan fingerprint density at radius 1 is 1.21 bits per heavy atom. The Bertz CT molecular complexity index is 599. The fourth-order valence-corrected chi connectivity index (χ4v) is 2.12. The molecule has 2 aromatic rings. The molecule has 3 N–H and O–H groups in total. The maximum Gasteiger partial charge on any atom is 0.228 e. The second kappa shape index (κ2) is 6.08. The average molecular weight is 340 g/mol. The van der Waals surface area contributed by atoms with E-state index in [1.165, 1.54) is 0 Å². The molecule has 5 heteroatoms. The van der Waals surface area contributed by atoms with Crippen molar-refractivity contribution < 1.29 is 4.79 Å². The van der Waals surface area contributed by atoms with E-state index < -0.39 is 0 Å². The molecule has 0 atom stereocenters. The van der Waals surface area contributed by atoms with Crippen LogP contribution in [0, 0.1) is 0 Å². The molecule has 2 rings (SSSR count). The molecule has 0 radical (unpaired) electrons. The fourth-order valence-electron chi connectivity index (χ4n) is 1.61. The summed E-state index contributed by atoms with van der Waals surface area (Å²) in [6.45, 7) is 0. The van der Waals surface area contributed by atoms with Gasteiger partial charge in [-0.1, -0.05) is 39.7 Å². The number of nitrogens with one attached hydrogen (secondary N) is 1. The lowest BCUT2D eigenvalue weighted by Crippen LogP contribution is -2.14. The molecule has 0 heterocycles. The van der Waals surface area contributed by atoms with Crippen LogP contribution in [0.3, 0.4) is 0 Å². The van der Waals surface area contributed by atoms with Crippen molar-refractivity contribution in [3.8, 4) is 0 Å². The summed E-state index contributed by atoms with van der Waals surface area (Å²) in [7, 11) is 0. The van der Waals surface area contributed by atoms with Crippen molar-refractivity contribution in [1.82, 2.24) is 0 Å². The first kappa shape index (κ1) is 13.9. The van der Waals surface area contributed by atoms with E-state index in [-0.39, 0.29) is 5.91 Å². The zero-order valence-electron chi connectivity index (χ0n) is 9.99. The summed E-state index contributed by atoms with van der Waals surface area (Å²) in [5, 5.41) is 3.20. The van der Waals surface area contributed by atoms with Gasteiger partial charge in [0.2, 0.25) is 5.91 Å². The first-order valence-electron chi connectivity index (χ1n) is 5.64. The molecule has 2 aromatic carbocycles. The van der Waals surface area contributed by atoms with Crippen LogP contribution in [0.2, 0.25) is 5.02 Å². The van der Waals surface area contributed by atoms with E-state index in [1.54, 1.807) is 18.2 Å². The molecule has 0 aromatic heterocycles. The van der Waals surface area contributed by atoms with Crippen LogP contribution in [0.5, 0.6) is 0 Å². The lowest BCUT2D eigenvalue weighted by molar-refractivity contribution is -0.115. The number of amides is 1. The van der Waals surface area contributed by atoms with E-state index in [9.17, 15) is 4.79 Å². The van der Waals surface area contributed by atoms with Crippen LogP contribution >= 0.6 is 27.5 Å². The summed E-state index contributed by atoms with van der Waals surface area (Å²) >= 11 is 9.35. The predicted molar refractivity (Wildman–Crippen MR) is 82.3 cm³/mol. The van der Waals surface area contributed by atoms with Gasteiger partial charge in [-0.2, -0.15) is 0 Å². The molecule has 0 unspecified atom stereocenters. The average Bonchev–Trinajstić information content (AvgIpc) is 2.36. The van der Waals surface area contributed by atoms with Crippen molar-refractivity contribution in [1.29, 1.82) is 0 Å². The highest BCUT2D eigenvalue weighted by Gasteiger charge is 2.07. The van der Waals surface area contributed by atoms with Crippen LogP contribution in [0.15, 0.2) is 46.9 Å². The Labute approximate surface area is 124 Å². The number of hydrogen-bond donors (Lipinski definition) is 2. The van der Waals surface area contributed by atoms with Crippen LogP contribution in [0.1, 0.15) is 5.56 Å². The van der Waals surface area contributed by atoms with E-state index >= 15 is 0 Å². The van der Waals surface area contributed by atoms with Gasteiger partial charge in [0.25, 0.3) is 0 Å². The van der Waals surface area contributed by atoms with E-state index in [0.717, 1.165) is 10.0 Å². The SMILES string of the molecule is Nc1ccc(NC(=O)Cc2ccc(Br)cc2)c(Cl)c1. The van der Waals surface area contributed by atoms with E-state index in [1.807, 2.05) is 24.3 Å². The van der Waals surface area contributed by atoms with Gasteiger partial charge in [-0.05, 0) is 35.9 Å². The molecule has 0 aliphatic heterocycles. The Hall–Kier alpha value is -1.52. The molecule has 0 aliphatic rings. The van der Waals surface area contributed by atoms with Crippen molar-refractivity contribution in [3.63, 3.8) is 0 Å².